The molecule has 0 spiro atoms. The number of benzene rings is 1. The molecule has 2 rings (SSSR count). The molecule has 1 heterocycles. The minimum atomic E-state index is -0.505. The Morgan fingerprint density at radius 2 is 2.16 bits per heavy atom. The predicted octanol–water partition coefficient (Wildman–Crippen LogP) is 3.02. The first kappa shape index (κ1) is 13.4. The Kier molecular flexibility index (Phi) is 3.76. The highest BCUT2D eigenvalue weighted by atomic mass is 16.6. The molecule has 5 nitrogen and oxygen atoms in total. The summed E-state index contributed by atoms with van der Waals surface area (Å²) < 4.78 is 0. The van der Waals surface area contributed by atoms with Crippen LogP contribution in [0.3, 0.4) is 0 Å². The van der Waals surface area contributed by atoms with Gasteiger partial charge < -0.3 is 5.11 Å². The molecule has 0 fully saturated rings. The molecule has 2 aromatic rings. The van der Waals surface area contributed by atoms with Crippen LogP contribution in [0, 0.1) is 10.1 Å². The topological polar surface area (TPSA) is 76.3 Å². The van der Waals surface area contributed by atoms with Crippen LogP contribution in [0.1, 0.15) is 31.7 Å². The molecule has 1 N–H and O–H groups in total. The van der Waals surface area contributed by atoms with Gasteiger partial charge in [0.05, 0.1) is 11.0 Å². The summed E-state index contributed by atoms with van der Waals surface area (Å²) in [5.74, 6) is -0.0486. The molecule has 0 amide bonds. The van der Waals surface area contributed by atoms with Crippen molar-refractivity contribution in [1.82, 2.24) is 4.98 Å². The van der Waals surface area contributed by atoms with E-state index < -0.39 is 11.0 Å². The zero-order valence-electron chi connectivity index (χ0n) is 10.9. The first-order valence-corrected chi connectivity index (χ1v) is 6.26. The molecule has 0 saturated carbocycles. The van der Waals surface area contributed by atoms with Crippen LogP contribution < -0.4 is 0 Å². The zero-order valence-corrected chi connectivity index (χ0v) is 10.9. The van der Waals surface area contributed by atoms with Crippen molar-refractivity contribution in [3.63, 3.8) is 0 Å². The van der Waals surface area contributed by atoms with Gasteiger partial charge in [0.15, 0.2) is 0 Å². The van der Waals surface area contributed by atoms with Gasteiger partial charge in [-0.05, 0) is 25.0 Å². The molecule has 0 radical (unpaired) electrons. The fraction of sp³-hybridized carbons (Fsp3) is 0.357. The summed E-state index contributed by atoms with van der Waals surface area (Å²) in [7, 11) is 0. The van der Waals surface area contributed by atoms with Crippen molar-refractivity contribution in [2.24, 2.45) is 0 Å². The van der Waals surface area contributed by atoms with Crippen molar-refractivity contribution in [3.05, 3.63) is 46.1 Å². The van der Waals surface area contributed by atoms with Gasteiger partial charge in [-0.15, -0.1) is 0 Å². The molecule has 19 heavy (non-hydrogen) atoms. The highest BCUT2D eigenvalue weighted by Gasteiger charge is 2.22. The van der Waals surface area contributed by atoms with Crippen molar-refractivity contribution in [2.75, 3.05) is 0 Å². The Bertz CT molecular complexity index is 611. The number of aliphatic hydroxyl groups excluding tert-OH is 1. The fourth-order valence-corrected chi connectivity index (χ4v) is 2.47. The maximum Gasteiger partial charge on any atom is 0.295 e. The summed E-state index contributed by atoms with van der Waals surface area (Å²) in [5, 5.41) is 21.6. The van der Waals surface area contributed by atoms with Gasteiger partial charge in [0.2, 0.25) is 0 Å². The Hall–Kier alpha value is -2.01. The lowest BCUT2D eigenvalue weighted by molar-refractivity contribution is -0.383. The van der Waals surface area contributed by atoms with Crippen molar-refractivity contribution >= 4 is 16.6 Å². The number of hydrogen-bond donors (Lipinski definition) is 1. The third-order valence-corrected chi connectivity index (χ3v) is 3.40. The Morgan fingerprint density at radius 3 is 2.74 bits per heavy atom. The Labute approximate surface area is 111 Å². The lowest BCUT2D eigenvalue weighted by Gasteiger charge is -2.20. The molecule has 0 saturated heterocycles. The molecule has 2 unspecified atom stereocenters. The van der Waals surface area contributed by atoms with Gasteiger partial charge in [-0.1, -0.05) is 19.1 Å². The number of fused-ring (bicyclic) bond motifs is 1. The van der Waals surface area contributed by atoms with Crippen molar-refractivity contribution in [2.45, 2.75) is 32.3 Å². The highest BCUT2D eigenvalue weighted by molar-refractivity contribution is 5.90. The van der Waals surface area contributed by atoms with Crippen LogP contribution >= 0.6 is 0 Å². The third-order valence-electron chi connectivity index (χ3n) is 3.40. The van der Waals surface area contributed by atoms with Crippen molar-refractivity contribution < 1.29 is 10.0 Å². The molecule has 0 aliphatic carbocycles. The number of hydrogen-bond acceptors (Lipinski definition) is 4. The van der Waals surface area contributed by atoms with Crippen LogP contribution in [0.25, 0.3) is 10.9 Å². The number of nitro groups is 1. The monoisotopic (exact) mass is 260 g/mol. The maximum absolute atomic E-state index is 11.0. The van der Waals surface area contributed by atoms with E-state index in [9.17, 15) is 15.2 Å². The number of rotatable bonds is 4. The second-order valence-electron chi connectivity index (χ2n) is 4.59. The summed E-state index contributed by atoms with van der Waals surface area (Å²) in [6.07, 6.45) is 1.80. The third kappa shape index (κ3) is 2.42. The molecule has 0 aliphatic heterocycles. The lowest BCUT2D eigenvalue weighted by atomic mass is 9.88. The lowest BCUT2D eigenvalue weighted by Crippen LogP contribution is -2.14. The molecular weight excluding hydrogens is 244 g/mol. The minimum Gasteiger partial charge on any atom is -0.393 e. The van der Waals surface area contributed by atoms with Gasteiger partial charge in [-0.25, -0.2) is 4.98 Å². The van der Waals surface area contributed by atoms with Crippen LogP contribution in [-0.4, -0.2) is 21.1 Å². The number of pyridine rings is 1. The fourth-order valence-electron chi connectivity index (χ4n) is 2.47. The van der Waals surface area contributed by atoms with Gasteiger partial charge in [0.25, 0.3) is 5.69 Å². The Morgan fingerprint density at radius 1 is 1.42 bits per heavy atom. The maximum atomic E-state index is 11.0. The number of nitro benzene ring substituents is 1. The molecule has 1 aromatic carbocycles. The SMILES string of the molecule is CCC(c1ccc([N+](=O)[O-])c2ncccc12)C(C)O. The van der Waals surface area contributed by atoms with Gasteiger partial charge >= 0.3 is 0 Å². The van der Waals surface area contributed by atoms with Gasteiger partial charge in [0, 0.05) is 23.6 Å². The van der Waals surface area contributed by atoms with Gasteiger partial charge in [-0.2, -0.15) is 0 Å². The first-order valence-electron chi connectivity index (χ1n) is 6.26. The van der Waals surface area contributed by atoms with E-state index in [0.29, 0.717) is 5.52 Å². The van der Waals surface area contributed by atoms with E-state index in [1.54, 1.807) is 25.3 Å². The van der Waals surface area contributed by atoms with Crippen molar-refractivity contribution in [1.29, 1.82) is 0 Å². The molecule has 0 aliphatic rings. The van der Waals surface area contributed by atoms with Crippen molar-refractivity contribution in [3.8, 4) is 0 Å². The van der Waals surface area contributed by atoms with E-state index >= 15 is 0 Å². The minimum absolute atomic E-state index is 0.000189. The van der Waals surface area contributed by atoms with Crippen LogP contribution in [0.5, 0.6) is 0 Å². The number of nitrogens with zero attached hydrogens (tertiary/aromatic N) is 2. The van der Waals surface area contributed by atoms with E-state index in [1.807, 2.05) is 13.0 Å². The average molecular weight is 260 g/mol. The summed E-state index contributed by atoms with van der Waals surface area (Å²) in [6.45, 7) is 3.72. The van der Waals surface area contributed by atoms with Crippen LogP contribution in [0.2, 0.25) is 0 Å². The van der Waals surface area contributed by atoms with Gasteiger partial charge in [-0.3, -0.25) is 10.1 Å². The first-order chi connectivity index (χ1) is 9.06. The summed E-state index contributed by atoms with van der Waals surface area (Å²) in [6, 6.07) is 6.76. The van der Waals surface area contributed by atoms with Crippen LogP contribution in [0.4, 0.5) is 5.69 Å². The summed E-state index contributed by atoms with van der Waals surface area (Å²) in [5.41, 5.74) is 1.29. The molecule has 2 atom stereocenters. The molecule has 1 aromatic heterocycles. The van der Waals surface area contributed by atoms with Gasteiger partial charge in [0.1, 0.15) is 5.52 Å². The second-order valence-corrected chi connectivity index (χ2v) is 4.59. The van der Waals surface area contributed by atoms with E-state index in [-0.39, 0.29) is 11.6 Å². The van der Waals surface area contributed by atoms with E-state index in [1.165, 1.54) is 6.07 Å². The highest BCUT2D eigenvalue weighted by Crippen LogP contribution is 2.33. The number of non-ortho nitro benzene ring substituents is 1. The smallest absolute Gasteiger partial charge is 0.295 e. The van der Waals surface area contributed by atoms with E-state index in [4.69, 9.17) is 0 Å². The molecule has 0 bridgehead atoms. The summed E-state index contributed by atoms with van der Waals surface area (Å²) >= 11 is 0. The normalized spacial score (nSPS) is 14.3. The second kappa shape index (κ2) is 5.32. The molecule has 100 valence electrons. The largest absolute Gasteiger partial charge is 0.393 e. The average Bonchev–Trinajstić information content (AvgIpc) is 2.39. The van der Waals surface area contributed by atoms with Crippen LogP contribution in [0.15, 0.2) is 30.5 Å². The van der Waals surface area contributed by atoms with E-state index in [0.717, 1.165) is 17.4 Å². The zero-order chi connectivity index (χ0) is 14.0. The predicted molar refractivity (Wildman–Crippen MR) is 73.1 cm³/mol. The summed E-state index contributed by atoms with van der Waals surface area (Å²) in [4.78, 5) is 14.7. The molecular formula is C14H16N2O3. The number of aromatic nitrogens is 1. The number of aliphatic hydroxyl groups is 1. The molecule has 5 heteroatoms. The standard InChI is InChI=1S/C14H16N2O3/c1-3-10(9(2)17)11-6-7-13(16(18)19)14-12(11)5-4-8-15-14/h4-10,17H,3H2,1-2H3. The quantitative estimate of drug-likeness (QED) is 0.677. The Balaban J connectivity index is 2.71. The van der Waals surface area contributed by atoms with Crippen LogP contribution in [-0.2, 0) is 0 Å². The van der Waals surface area contributed by atoms with E-state index in [2.05, 4.69) is 4.98 Å².